The zero-order valence-electron chi connectivity index (χ0n) is 21.6. The number of rotatable bonds is 8. The van der Waals surface area contributed by atoms with Crippen molar-refractivity contribution in [2.45, 2.75) is 65.3 Å². The summed E-state index contributed by atoms with van der Waals surface area (Å²) < 4.78 is 43.3. The van der Waals surface area contributed by atoms with Crippen molar-refractivity contribution >= 4 is 40.8 Å². The Hall–Kier alpha value is -4.46. The number of hydrogen-bond donors (Lipinski definition) is 0. The van der Waals surface area contributed by atoms with E-state index in [0.29, 0.717) is 5.39 Å². The molecule has 210 valence electrons. The van der Waals surface area contributed by atoms with Crippen molar-refractivity contribution in [3.63, 3.8) is 0 Å². The highest BCUT2D eigenvalue weighted by atomic mass is 16.7. The standard InChI is InChI=1S/C25H26O14/c1-11(26)32-10-20-22(34-13(3)28)23(35-14(4)29)24(36-15(5)30)25(39-20)38-18-8-16-6-7-21(31)37-17(16)9-19(18)33-12(2)27/h6-9,20,22-25H,10H2,1-5H3/t20-,22-,23+,24-,25-/m1/s1. The summed E-state index contributed by atoms with van der Waals surface area (Å²) in [5, 5.41) is 0.367. The van der Waals surface area contributed by atoms with Gasteiger partial charge in [0.25, 0.3) is 0 Å². The lowest BCUT2D eigenvalue weighted by atomic mass is 9.98. The second kappa shape index (κ2) is 12.4. The van der Waals surface area contributed by atoms with E-state index in [2.05, 4.69) is 0 Å². The number of fused-ring (bicyclic) bond motifs is 1. The van der Waals surface area contributed by atoms with Crippen molar-refractivity contribution in [3.05, 3.63) is 34.7 Å². The van der Waals surface area contributed by atoms with Crippen LogP contribution in [0.4, 0.5) is 0 Å². The average molecular weight is 550 g/mol. The molecule has 14 nitrogen and oxygen atoms in total. The van der Waals surface area contributed by atoms with Gasteiger partial charge in [0.1, 0.15) is 18.3 Å². The second-order valence-corrected chi connectivity index (χ2v) is 8.37. The summed E-state index contributed by atoms with van der Waals surface area (Å²) in [7, 11) is 0. The van der Waals surface area contributed by atoms with E-state index in [9.17, 15) is 28.8 Å². The molecule has 39 heavy (non-hydrogen) atoms. The molecule has 0 saturated carbocycles. The maximum Gasteiger partial charge on any atom is 0.336 e. The molecule has 3 rings (SSSR count). The molecule has 1 aromatic carbocycles. The minimum Gasteiger partial charge on any atom is -0.463 e. The van der Waals surface area contributed by atoms with Gasteiger partial charge in [0.05, 0.1) is 0 Å². The van der Waals surface area contributed by atoms with E-state index in [1.807, 2.05) is 0 Å². The average Bonchev–Trinajstić information content (AvgIpc) is 2.80. The molecule has 2 aromatic rings. The smallest absolute Gasteiger partial charge is 0.336 e. The van der Waals surface area contributed by atoms with Gasteiger partial charge in [-0.2, -0.15) is 0 Å². The Morgan fingerprint density at radius 1 is 0.744 bits per heavy atom. The first-order valence-corrected chi connectivity index (χ1v) is 11.6. The van der Waals surface area contributed by atoms with Gasteiger partial charge in [-0.1, -0.05) is 0 Å². The molecule has 14 heteroatoms. The van der Waals surface area contributed by atoms with Crippen LogP contribution < -0.4 is 15.1 Å². The van der Waals surface area contributed by atoms with Gasteiger partial charge in [-0.05, 0) is 12.1 Å². The van der Waals surface area contributed by atoms with Crippen molar-refractivity contribution < 1.29 is 61.5 Å². The number of hydrogen-bond acceptors (Lipinski definition) is 14. The molecule has 0 bridgehead atoms. The van der Waals surface area contributed by atoms with Crippen LogP contribution in [0, 0.1) is 0 Å². The van der Waals surface area contributed by atoms with E-state index in [0.717, 1.165) is 40.7 Å². The zero-order chi connectivity index (χ0) is 28.9. The quantitative estimate of drug-likeness (QED) is 0.198. The third-order valence-corrected chi connectivity index (χ3v) is 5.13. The molecule has 0 radical (unpaired) electrons. The Balaban J connectivity index is 2.11. The van der Waals surface area contributed by atoms with Gasteiger partial charge in [-0.3, -0.25) is 24.0 Å². The monoisotopic (exact) mass is 550 g/mol. The van der Waals surface area contributed by atoms with Gasteiger partial charge in [-0.15, -0.1) is 0 Å². The minimum absolute atomic E-state index is 0.0765. The number of ether oxygens (including phenoxy) is 7. The predicted molar refractivity (Wildman–Crippen MR) is 126 cm³/mol. The lowest BCUT2D eigenvalue weighted by molar-refractivity contribution is -0.288. The highest BCUT2D eigenvalue weighted by Gasteiger charge is 2.53. The molecule has 1 aliphatic rings. The largest absolute Gasteiger partial charge is 0.463 e. The number of esters is 5. The molecule has 1 fully saturated rings. The summed E-state index contributed by atoms with van der Waals surface area (Å²) in [5.41, 5.74) is -0.572. The topological polar surface area (TPSA) is 180 Å². The van der Waals surface area contributed by atoms with Crippen LogP contribution in [-0.2, 0) is 47.7 Å². The molecule has 2 heterocycles. The van der Waals surface area contributed by atoms with Crippen LogP contribution >= 0.6 is 0 Å². The van der Waals surface area contributed by atoms with Crippen LogP contribution in [0.1, 0.15) is 34.6 Å². The van der Waals surface area contributed by atoms with Crippen LogP contribution in [0.25, 0.3) is 11.0 Å². The first kappa shape index (κ1) is 29.1. The SMILES string of the molecule is CC(=O)OC[C@H]1O[C@@H](Oc2cc3ccc(=O)oc3cc2OC(C)=O)[C@H](OC(C)=O)[C@@H](OC(C)=O)[C@@H]1OC(C)=O. The summed E-state index contributed by atoms with van der Waals surface area (Å²) >= 11 is 0. The molecule has 0 amide bonds. The Kier molecular flexibility index (Phi) is 9.24. The molecular formula is C25H26O14. The fourth-order valence-corrected chi connectivity index (χ4v) is 3.81. The van der Waals surface area contributed by atoms with Gasteiger partial charge in [0, 0.05) is 52.1 Å². The van der Waals surface area contributed by atoms with E-state index in [-0.39, 0.29) is 17.1 Å². The van der Waals surface area contributed by atoms with Crippen LogP contribution in [0.2, 0.25) is 0 Å². The van der Waals surface area contributed by atoms with Gasteiger partial charge in [0.2, 0.25) is 12.4 Å². The first-order chi connectivity index (χ1) is 18.3. The van der Waals surface area contributed by atoms with E-state index >= 15 is 0 Å². The fraction of sp³-hybridized carbons (Fsp3) is 0.440. The van der Waals surface area contributed by atoms with E-state index in [4.69, 9.17) is 37.6 Å². The normalized spacial score (nSPS) is 22.3. The molecular weight excluding hydrogens is 524 g/mol. The summed E-state index contributed by atoms with van der Waals surface area (Å²) in [6, 6.07) is 5.19. The summed E-state index contributed by atoms with van der Waals surface area (Å²) in [4.78, 5) is 70.8. The molecule has 0 aliphatic carbocycles. The molecule has 1 aromatic heterocycles. The minimum atomic E-state index is -1.58. The van der Waals surface area contributed by atoms with E-state index < -0.39 is 72.8 Å². The maximum absolute atomic E-state index is 12.0. The Morgan fingerprint density at radius 2 is 1.36 bits per heavy atom. The van der Waals surface area contributed by atoms with Gasteiger partial charge in [-0.25, -0.2) is 4.79 Å². The van der Waals surface area contributed by atoms with Gasteiger partial charge >= 0.3 is 35.5 Å². The highest BCUT2D eigenvalue weighted by molar-refractivity contribution is 5.82. The predicted octanol–water partition coefficient (Wildman–Crippen LogP) is 1.18. The fourth-order valence-electron chi connectivity index (χ4n) is 3.81. The summed E-state index contributed by atoms with van der Waals surface area (Å²) in [6.45, 7) is 5.06. The summed E-state index contributed by atoms with van der Waals surface area (Å²) in [6.07, 6.45) is -7.19. The van der Waals surface area contributed by atoms with Gasteiger partial charge < -0.3 is 37.6 Å². The Morgan fingerprint density at radius 3 is 1.95 bits per heavy atom. The molecule has 0 N–H and O–H groups in total. The van der Waals surface area contributed by atoms with Crippen LogP contribution in [0.3, 0.4) is 0 Å². The summed E-state index contributed by atoms with van der Waals surface area (Å²) in [5.74, 6) is -4.15. The Bertz CT molecular complexity index is 1330. The van der Waals surface area contributed by atoms with Crippen molar-refractivity contribution in [2.75, 3.05) is 6.61 Å². The third-order valence-electron chi connectivity index (χ3n) is 5.13. The van der Waals surface area contributed by atoms with Crippen molar-refractivity contribution in [2.24, 2.45) is 0 Å². The maximum atomic E-state index is 12.0. The van der Waals surface area contributed by atoms with Crippen molar-refractivity contribution in [3.8, 4) is 11.5 Å². The van der Waals surface area contributed by atoms with Crippen molar-refractivity contribution in [1.82, 2.24) is 0 Å². The van der Waals surface area contributed by atoms with Crippen LogP contribution in [0.5, 0.6) is 11.5 Å². The van der Waals surface area contributed by atoms with Gasteiger partial charge in [0.15, 0.2) is 23.7 Å². The third kappa shape index (κ3) is 7.77. The molecule has 1 saturated heterocycles. The first-order valence-electron chi connectivity index (χ1n) is 11.6. The van der Waals surface area contributed by atoms with Crippen LogP contribution in [-0.4, -0.2) is 67.2 Å². The number of carbonyl (C=O) groups excluding carboxylic acids is 5. The van der Waals surface area contributed by atoms with E-state index in [1.165, 1.54) is 18.2 Å². The highest BCUT2D eigenvalue weighted by Crippen LogP contribution is 2.37. The molecule has 5 atom stereocenters. The van der Waals surface area contributed by atoms with Crippen LogP contribution in [0.15, 0.2) is 33.5 Å². The molecule has 0 unspecified atom stereocenters. The lowest BCUT2D eigenvalue weighted by Gasteiger charge is -2.44. The van der Waals surface area contributed by atoms with Crippen molar-refractivity contribution in [1.29, 1.82) is 0 Å². The number of benzene rings is 1. The molecule has 0 spiro atoms. The Labute approximate surface area is 221 Å². The lowest BCUT2D eigenvalue weighted by Crippen LogP contribution is -2.63. The molecule has 1 aliphatic heterocycles. The number of carbonyl (C=O) groups is 5. The van der Waals surface area contributed by atoms with E-state index in [1.54, 1.807) is 0 Å². The second-order valence-electron chi connectivity index (χ2n) is 8.37. The zero-order valence-corrected chi connectivity index (χ0v) is 21.6.